The topological polar surface area (TPSA) is 72.5 Å². The molecule has 6 heteroatoms. The summed E-state index contributed by atoms with van der Waals surface area (Å²) in [5.74, 6) is -0.144. The quantitative estimate of drug-likeness (QED) is 0.662. The molecule has 0 saturated carbocycles. The van der Waals surface area contributed by atoms with Crippen LogP contribution in [0.3, 0.4) is 0 Å². The highest BCUT2D eigenvalue weighted by Crippen LogP contribution is 2.32. The summed E-state index contributed by atoms with van der Waals surface area (Å²) in [4.78, 5) is 37.8. The first-order valence-electron chi connectivity index (χ1n) is 8.74. The number of thiophene rings is 1. The van der Waals surface area contributed by atoms with Gasteiger partial charge in [-0.3, -0.25) is 9.59 Å². The van der Waals surface area contributed by atoms with Gasteiger partial charge in [0.2, 0.25) is 5.91 Å². The number of benzene rings is 1. The van der Waals surface area contributed by atoms with Crippen LogP contribution in [0.1, 0.15) is 49.4 Å². The molecule has 0 bridgehead atoms. The van der Waals surface area contributed by atoms with E-state index in [0.29, 0.717) is 16.4 Å². The van der Waals surface area contributed by atoms with Crippen molar-refractivity contribution in [1.29, 1.82) is 0 Å². The van der Waals surface area contributed by atoms with Crippen molar-refractivity contribution in [2.24, 2.45) is 5.92 Å². The zero-order chi connectivity index (χ0) is 18.3. The number of amides is 1. The van der Waals surface area contributed by atoms with Crippen LogP contribution in [0.2, 0.25) is 0 Å². The van der Waals surface area contributed by atoms with Crippen molar-refractivity contribution in [3.05, 3.63) is 50.7 Å². The Labute approximate surface area is 155 Å². The lowest BCUT2D eigenvalue weighted by molar-refractivity contribution is -0.115. The smallest absolute Gasteiger partial charge is 0.348 e. The number of anilines is 1. The van der Waals surface area contributed by atoms with Gasteiger partial charge >= 0.3 is 5.97 Å². The molecule has 1 aromatic carbocycles. The number of hydrogen-bond acceptors (Lipinski definition) is 5. The van der Waals surface area contributed by atoms with Gasteiger partial charge in [-0.2, -0.15) is 0 Å². The van der Waals surface area contributed by atoms with Gasteiger partial charge in [0.05, 0.1) is 6.42 Å². The van der Waals surface area contributed by atoms with Crippen LogP contribution in [0, 0.1) is 5.92 Å². The van der Waals surface area contributed by atoms with Gasteiger partial charge in [-0.05, 0) is 60.6 Å². The number of ketones is 1. The van der Waals surface area contributed by atoms with Crippen molar-refractivity contribution in [2.45, 2.75) is 32.6 Å². The van der Waals surface area contributed by atoms with Gasteiger partial charge in [0.15, 0.2) is 12.4 Å². The van der Waals surface area contributed by atoms with E-state index in [-0.39, 0.29) is 24.7 Å². The molecule has 1 aromatic heterocycles. The van der Waals surface area contributed by atoms with Gasteiger partial charge in [0.1, 0.15) is 4.88 Å². The Hall–Kier alpha value is -2.47. The molecular weight excluding hydrogens is 350 g/mol. The van der Waals surface area contributed by atoms with Crippen molar-refractivity contribution in [3.63, 3.8) is 0 Å². The van der Waals surface area contributed by atoms with E-state index in [1.807, 2.05) is 6.07 Å². The Balaban J connectivity index is 1.40. The van der Waals surface area contributed by atoms with Gasteiger partial charge < -0.3 is 10.1 Å². The van der Waals surface area contributed by atoms with Crippen molar-refractivity contribution < 1.29 is 19.1 Å². The standard InChI is InChI=1S/C20H19NO4S/c1-11-2-5-17-14(6-11)8-18(26-17)20(24)25-10-16(22)12-3-4-15-13(7-12)9-19(23)21-15/h3-4,7-8,11H,2,5-6,9-10H2,1H3,(H,21,23)/t11-/m1/s1. The Morgan fingerprint density at radius 2 is 2.12 bits per heavy atom. The zero-order valence-electron chi connectivity index (χ0n) is 14.5. The van der Waals surface area contributed by atoms with E-state index in [2.05, 4.69) is 12.2 Å². The lowest BCUT2D eigenvalue weighted by atomic mass is 9.90. The summed E-state index contributed by atoms with van der Waals surface area (Å²) in [6.07, 6.45) is 3.43. The van der Waals surface area contributed by atoms with E-state index in [1.165, 1.54) is 21.8 Å². The Bertz CT molecular complexity index is 915. The molecule has 0 radical (unpaired) electrons. The number of hydrogen-bond donors (Lipinski definition) is 1. The van der Waals surface area contributed by atoms with Crippen LogP contribution >= 0.6 is 11.3 Å². The molecule has 0 unspecified atom stereocenters. The molecule has 2 heterocycles. The normalized spacial score (nSPS) is 18.0. The summed E-state index contributed by atoms with van der Waals surface area (Å²) in [5.41, 5.74) is 3.23. The average Bonchev–Trinajstić information content (AvgIpc) is 3.20. The average molecular weight is 369 g/mol. The summed E-state index contributed by atoms with van der Waals surface area (Å²) in [6.45, 7) is 1.93. The van der Waals surface area contributed by atoms with Gasteiger partial charge in [-0.15, -0.1) is 11.3 Å². The molecule has 134 valence electrons. The number of ether oxygens (including phenoxy) is 1. The maximum Gasteiger partial charge on any atom is 0.348 e. The molecule has 2 aliphatic rings. The summed E-state index contributed by atoms with van der Waals surface area (Å²) in [6, 6.07) is 6.96. The molecule has 1 amide bonds. The van der Waals surface area contributed by atoms with Crippen LogP contribution in [0.4, 0.5) is 5.69 Å². The van der Waals surface area contributed by atoms with Crippen LogP contribution in [0.25, 0.3) is 0 Å². The number of fused-ring (bicyclic) bond motifs is 2. The van der Waals surface area contributed by atoms with Crippen LogP contribution in [0.15, 0.2) is 24.3 Å². The predicted octanol–water partition coefficient (Wildman–Crippen LogP) is 3.41. The Kier molecular flexibility index (Phi) is 4.36. The van der Waals surface area contributed by atoms with Gasteiger partial charge in [-0.1, -0.05) is 6.92 Å². The SMILES string of the molecule is C[C@@H]1CCc2sc(C(=O)OCC(=O)c3ccc4c(c3)CC(=O)N4)cc2C1. The van der Waals surface area contributed by atoms with Crippen LogP contribution < -0.4 is 5.32 Å². The molecule has 4 rings (SSSR count). The highest BCUT2D eigenvalue weighted by molar-refractivity contribution is 7.14. The highest BCUT2D eigenvalue weighted by Gasteiger charge is 2.23. The largest absolute Gasteiger partial charge is 0.453 e. The van der Waals surface area contributed by atoms with Gasteiger partial charge in [-0.25, -0.2) is 4.79 Å². The molecule has 2 aromatic rings. The minimum absolute atomic E-state index is 0.0768. The summed E-state index contributed by atoms with van der Waals surface area (Å²) < 4.78 is 5.23. The summed E-state index contributed by atoms with van der Waals surface area (Å²) >= 11 is 1.48. The highest BCUT2D eigenvalue weighted by atomic mass is 32.1. The molecule has 0 saturated heterocycles. The third-order valence-electron chi connectivity index (χ3n) is 4.92. The number of Topliss-reactive ketones (excluding diaryl/α,β-unsaturated/α-hetero) is 1. The zero-order valence-corrected chi connectivity index (χ0v) is 15.3. The van der Waals surface area contributed by atoms with Crippen LogP contribution in [-0.4, -0.2) is 24.3 Å². The maximum atomic E-state index is 12.3. The third-order valence-corrected chi connectivity index (χ3v) is 6.13. The lowest BCUT2D eigenvalue weighted by Gasteiger charge is -2.16. The molecule has 0 spiro atoms. The monoisotopic (exact) mass is 369 g/mol. The van der Waals surface area contributed by atoms with E-state index >= 15 is 0 Å². The molecule has 26 heavy (non-hydrogen) atoms. The lowest BCUT2D eigenvalue weighted by Crippen LogP contribution is -2.13. The van der Waals surface area contributed by atoms with E-state index in [0.717, 1.165) is 30.5 Å². The molecule has 1 atom stereocenters. The second kappa shape index (κ2) is 6.68. The second-order valence-electron chi connectivity index (χ2n) is 7.00. The van der Waals surface area contributed by atoms with Crippen molar-refractivity contribution >= 4 is 34.7 Å². The number of carbonyl (C=O) groups is 3. The fourth-order valence-corrected chi connectivity index (χ4v) is 4.60. The van der Waals surface area contributed by atoms with E-state index in [4.69, 9.17) is 4.74 Å². The number of esters is 1. The first-order chi connectivity index (χ1) is 12.5. The van der Waals surface area contributed by atoms with Crippen molar-refractivity contribution in [3.8, 4) is 0 Å². The Morgan fingerprint density at radius 3 is 2.96 bits per heavy atom. The number of rotatable bonds is 4. The fourth-order valence-electron chi connectivity index (χ4n) is 3.49. The summed E-state index contributed by atoms with van der Waals surface area (Å²) in [7, 11) is 0. The number of carbonyl (C=O) groups excluding carboxylic acids is 3. The molecule has 1 N–H and O–H groups in total. The molecule has 1 aliphatic carbocycles. The minimum Gasteiger partial charge on any atom is -0.453 e. The first-order valence-corrected chi connectivity index (χ1v) is 9.56. The molecule has 1 aliphatic heterocycles. The first kappa shape index (κ1) is 17.0. The van der Waals surface area contributed by atoms with Crippen molar-refractivity contribution in [2.75, 3.05) is 11.9 Å². The van der Waals surface area contributed by atoms with Crippen LogP contribution in [0.5, 0.6) is 0 Å². The second-order valence-corrected chi connectivity index (χ2v) is 8.14. The third kappa shape index (κ3) is 3.29. The van der Waals surface area contributed by atoms with Crippen LogP contribution in [-0.2, 0) is 28.8 Å². The predicted molar refractivity (Wildman–Crippen MR) is 98.9 cm³/mol. The number of aryl methyl sites for hydroxylation is 1. The maximum absolute atomic E-state index is 12.3. The fraction of sp³-hybridized carbons (Fsp3) is 0.350. The number of nitrogens with one attached hydrogen (secondary N) is 1. The minimum atomic E-state index is -0.441. The molecule has 5 nitrogen and oxygen atoms in total. The molecule has 0 fully saturated rings. The van der Waals surface area contributed by atoms with Gasteiger partial charge in [0.25, 0.3) is 0 Å². The van der Waals surface area contributed by atoms with Crippen molar-refractivity contribution in [1.82, 2.24) is 0 Å². The molecular formula is C20H19NO4S. The van der Waals surface area contributed by atoms with E-state index in [9.17, 15) is 14.4 Å². The summed E-state index contributed by atoms with van der Waals surface area (Å²) in [5, 5.41) is 2.73. The Morgan fingerprint density at radius 1 is 1.27 bits per heavy atom. The van der Waals surface area contributed by atoms with Gasteiger partial charge in [0, 0.05) is 16.1 Å². The van der Waals surface area contributed by atoms with E-state index in [1.54, 1.807) is 18.2 Å². The van der Waals surface area contributed by atoms with E-state index < -0.39 is 5.97 Å².